The number of piperidine rings is 1. The third kappa shape index (κ3) is 3.63. The van der Waals surface area contributed by atoms with E-state index in [0.717, 1.165) is 62.4 Å². The van der Waals surface area contributed by atoms with E-state index in [2.05, 4.69) is 22.0 Å². The average Bonchev–Trinajstić information content (AvgIpc) is 3.04. The lowest BCUT2D eigenvalue weighted by Crippen LogP contribution is -2.39. The summed E-state index contributed by atoms with van der Waals surface area (Å²) in [7, 11) is 0. The van der Waals surface area contributed by atoms with Crippen molar-refractivity contribution in [2.45, 2.75) is 46.1 Å². The van der Waals surface area contributed by atoms with Gasteiger partial charge in [0.05, 0.1) is 11.4 Å². The zero-order chi connectivity index (χ0) is 16.9. The van der Waals surface area contributed by atoms with Crippen LogP contribution in [0.25, 0.3) is 11.4 Å². The summed E-state index contributed by atoms with van der Waals surface area (Å²) in [6.07, 6.45) is 9.39. The van der Waals surface area contributed by atoms with Crippen LogP contribution in [-0.4, -0.2) is 43.6 Å². The molecule has 0 saturated carbocycles. The number of carbonyl (C=O) groups is 1. The normalized spacial score (nSPS) is 17.9. The smallest absolute Gasteiger partial charge is 0.219 e. The molecular weight excluding hydrogens is 302 g/mol. The second-order valence-corrected chi connectivity index (χ2v) is 6.47. The van der Waals surface area contributed by atoms with E-state index in [1.807, 2.05) is 21.8 Å². The molecule has 1 aliphatic heterocycles. The molecule has 128 valence electrons. The first kappa shape index (κ1) is 16.6. The fourth-order valence-corrected chi connectivity index (χ4v) is 3.45. The van der Waals surface area contributed by atoms with Crippen LogP contribution < -0.4 is 0 Å². The van der Waals surface area contributed by atoms with Crippen molar-refractivity contribution in [1.29, 1.82) is 0 Å². The molecule has 0 spiro atoms. The quantitative estimate of drug-likeness (QED) is 0.846. The van der Waals surface area contributed by atoms with Crippen LogP contribution in [0.4, 0.5) is 0 Å². The number of rotatable bonds is 5. The summed E-state index contributed by atoms with van der Waals surface area (Å²) in [5.41, 5.74) is 2.95. The van der Waals surface area contributed by atoms with Gasteiger partial charge in [0.25, 0.3) is 0 Å². The predicted molar refractivity (Wildman–Crippen MR) is 92.2 cm³/mol. The molecule has 6 nitrogen and oxygen atoms in total. The van der Waals surface area contributed by atoms with Gasteiger partial charge >= 0.3 is 0 Å². The lowest BCUT2D eigenvalue weighted by molar-refractivity contribution is -0.130. The number of amides is 1. The molecule has 0 N–H and O–H groups in total. The minimum atomic E-state index is 0.167. The Kier molecular flexibility index (Phi) is 5.23. The van der Waals surface area contributed by atoms with Gasteiger partial charge in [-0.25, -0.2) is 0 Å². The van der Waals surface area contributed by atoms with Gasteiger partial charge in [-0.3, -0.25) is 19.4 Å². The zero-order valence-corrected chi connectivity index (χ0v) is 14.5. The fourth-order valence-electron chi connectivity index (χ4n) is 3.45. The van der Waals surface area contributed by atoms with Crippen molar-refractivity contribution in [3.05, 3.63) is 30.4 Å². The SMILES string of the molecule is CCCn1nccc1-c1nccnc1C[C@@H]1CCCN(C(C)=O)C1. The maximum Gasteiger partial charge on any atom is 0.219 e. The van der Waals surface area contributed by atoms with Crippen LogP contribution in [0, 0.1) is 5.92 Å². The van der Waals surface area contributed by atoms with E-state index in [0.29, 0.717) is 5.92 Å². The van der Waals surface area contributed by atoms with Crippen LogP contribution in [0.3, 0.4) is 0 Å². The van der Waals surface area contributed by atoms with Gasteiger partial charge in [-0.15, -0.1) is 0 Å². The van der Waals surface area contributed by atoms with Crippen molar-refractivity contribution >= 4 is 5.91 Å². The molecular formula is C18H25N5O. The van der Waals surface area contributed by atoms with Crippen molar-refractivity contribution < 1.29 is 4.79 Å². The minimum Gasteiger partial charge on any atom is -0.343 e. The third-order valence-electron chi connectivity index (χ3n) is 4.61. The molecule has 6 heteroatoms. The lowest BCUT2D eigenvalue weighted by atomic mass is 9.92. The van der Waals surface area contributed by atoms with Gasteiger partial charge in [0.2, 0.25) is 5.91 Å². The maximum absolute atomic E-state index is 11.7. The van der Waals surface area contributed by atoms with Crippen molar-refractivity contribution in [2.24, 2.45) is 5.92 Å². The molecule has 0 radical (unpaired) electrons. The lowest BCUT2D eigenvalue weighted by Gasteiger charge is -2.32. The summed E-state index contributed by atoms with van der Waals surface area (Å²) in [6.45, 7) is 6.36. The number of carbonyl (C=O) groups excluding carboxylic acids is 1. The van der Waals surface area contributed by atoms with E-state index in [1.165, 1.54) is 0 Å². The number of nitrogens with zero attached hydrogens (tertiary/aromatic N) is 5. The Balaban J connectivity index is 1.82. The number of aryl methyl sites for hydroxylation is 1. The summed E-state index contributed by atoms with van der Waals surface area (Å²) in [6, 6.07) is 2.01. The molecule has 1 atom stereocenters. The van der Waals surface area contributed by atoms with Gasteiger partial charge in [0.15, 0.2) is 0 Å². The number of hydrogen-bond donors (Lipinski definition) is 0. The molecule has 3 heterocycles. The predicted octanol–water partition coefficient (Wildman–Crippen LogP) is 2.55. The molecule has 0 bridgehead atoms. The molecule has 0 aromatic carbocycles. The van der Waals surface area contributed by atoms with Crippen molar-refractivity contribution in [3.63, 3.8) is 0 Å². The largest absolute Gasteiger partial charge is 0.343 e. The Morgan fingerprint density at radius 3 is 2.92 bits per heavy atom. The third-order valence-corrected chi connectivity index (χ3v) is 4.61. The van der Waals surface area contributed by atoms with Crippen LogP contribution >= 0.6 is 0 Å². The topological polar surface area (TPSA) is 63.9 Å². The van der Waals surface area contributed by atoms with Crippen LogP contribution in [0.15, 0.2) is 24.7 Å². The molecule has 2 aromatic rings. The molecule has 1 saturated heterocycles. The Morgan fingerprint density at radius 2 is 2.12 bits per heavy atom. The highest BCUT2D eigenvalue weighted by Crippen LogP contribution is 2.25. The van der Waals surface area contributed by atoms with Crippen LogP contribution in [0.2, 0.25) is 0 Å². The van der Waals surface area contributed by atoms with E-state index >= 15 is 0 Å². The highest BCUT2D eigenvalue weighted by atomic mass is 16.2. The van der Waals surface area contributed by atoms with E-state index in [1.54, 1.807) is 19.3 Å². The fraction of sp³-hybridized carbons (Fsp3) is 0.556. The zero-order valence-electron chi connectivity index (χ0n) is 14.5. The molecule has 1 amide bonds. The van der Waals surface area contributed by atoms with Gasteiger partial charge in [0, 0.05) is 45.1 Å². The van der Waals surface area contributed by atoms with Gasteiger partial charge < -0.3 is 4.90 Å². The first-order valence-corrected chi connectivity index (χ1v) is 8.76. The van der Waals surface area contributed by atoms with Gasteiger partial charge in [-0.1, -0.05) is 6.92 Å². The average molecular weight is 327 g/mol. The Bertz CT molecular complexity index is 696. The molecule has 24 heavy (non-hydrogen) atoms. The van der Waals surface area contributed by atoms with Crippen LogP contribution in [0.1, 0.15) is 38.8 Å². The van der Waals surface area contributed by atoms with Crippen LogP contribution in [0.5, 0.6) is 0 Å². The molecule has 0 aliphatic carbocycles. The minimum absolute atomic E-state index is 0.167. The van der Waals surface area contributed by atoms with Crippen LogP contribution in [-0.2, 0) is 17.8 Å². The summed E-state index contributed by atoms with van der Waals surface area (Å²) >= 11 is 0. The monoisotopic (exact) mass is 327 g/mol. The molecule has 2 aromatic heterocycles. The highest BCUT2D eigenvalue weighted by Gasteiger charge is 2.24. The van der Waals surface area contributed by atoms with E-state index < -0.39 is 0 Å². The van der Waals surface area contributed by atoms with E-state index in [9.17, 15) is 4.79 Å². The van der Waals surface area contributed by atoms with Gasteiger partial charge in [-0.2, -0.15) is 5.10 Å². The summed E-state index contributed by atoms with van der Waals surface area (Å²) in [4.78, 5) is 22.8. The Labute approximate surface area is 142 Å². The Hall–Kier alpha value is -2.24. The Morgan fingerprint density at radius 1 is 1.29 bits per heavy atom. The van der Waals surface area contributed by atoms with Gasteiger partial charge in [-0.05, 0) is 37.7 Å². The first-order valence-electron chi connectivity index (χ1n) is 8.76. The molecule has 3 rings (SSSR count). The molecule has 0 unspecified atom stereocenters. The van der Waals surface area contributed by atoms with E-state index in [-0.39, 0.29) is 5.91 Å². The second-order valence-electron chi connectivity index (χ2n) is 6.47. The van der Waals surface area contributed by atoms with Crippen molar-refractivity contribution in [1.82, 2.24) is 24.6 Å². The summed E-state index contributed by atoms with van der Waals surface area (Å²) in [5, 5.41) is 4.40. The molecule has 1 fully saturated rings. The van der Waals surface area contributed by atoms with Crippen molar-refractivity contribution in [3.8, 4) is 11.4 Å². The standard InChI is InChI=1S/C18H25N5O/c1-3-10-23-17(6-7-21-23)18-16(19-8-9-20-18)12-15-5-4-11-22(13-15)14(2)24/h6-9,15H,3-5,10-13H2,1-2H3/t15-/m0/s1. The van der Waals surface area contributed by atoms with Crippen molar-refractivity contribution in [2.75, 3.05) is 13.1 Å². The number of aromatic nitrogens is 4. The number of likely N-dealkylation sites (tertiary alicyclic amines) is 1. The number of hydrogen-bond acceptors (Lipinski definition) is 4. The highest BCUT2D eigenvalue weighted by molar-refractivity contribution is 5.73. The maximum atomic E-state index is 11.7. The van der Waals surface area contributed by atoms with Gasteiger partial charge in [0.1, 0.15) is 5.69 Å². The first-order chi connectivity index (χ1) is 11.7. The summed E-state index contributed by atoms with van der Waals surface area (Å²) in [5.74, 6) is 0.612. The molecule has 1 aliphatic rings. The summed E-state index contributed by atoms with van der Waals surface area (Å²) < 4.78 is 2.00. The second kappa shape index (κ2) is 7.55. The van der Waals surface area contributed by atoms with E-state index in [4.69, 9.17) is 0 Å².